The standard InChI is InChI=1S/C64H62BN3O2/c1-60(2,3)37-26-28-48-45(32-37)63(10)29-16-17-30-64(63,11)68(48)40-35-51-55-52(36-40)67-56-44(59-57(67)43-20-13-15-24-54(43)70-59)31-39(62(7,8)9)33-47(56)65(55)46-27-25-38(61(4,5)6)34-50(46)66(51)49-22-18-21-42-41-19-12-14-23-53(41)69-58(42)49/h12-15,18-28,31-36H,16-17,29-30H2,1-11H3. The monoisotopic (exact) mass is 915 g/mol. The van der Waals surface area contributed by atoms with Gasteiger partial charge in [-0.25, -0.2) is 0 Å². The average Bonchev–Trinajstić information content (AvgIpc) is 4.04. The van der Waals surface area contributed by atoms with E-state index in [0.717, 1.165) is 62.5 Å². The summed E-state index contributed by atoms with van der Waals surface area (Å²) in [6.07, 6.45) is 4.71. The Labute approximate surface area is 412 Å². The van der Waals surface area contributed by atoms with Crippen molar-refractivity contribution in [3.05, 3.63) is 150 Å². The van der Waals surface area contributed by atoms with Crippen molar-refractivity contribution in [1.29, 1.82) is 0 Å². The second kappa shape index (κ2) is 13.6. The van der Waals surface area contributed by atoms with E-state index < -0.39 is 0 Å². The molecule has 5 nitrogen and oxygen atoms in total. The third-order valence-corrected chi connectivity index (χ3v) is 17.8. The summed E-state index contributed by atoms with van der Waals surface area (Å²) < 4.78 is 16.7. The summed E-state index contributed by atoms with van der Waals surface area (Å²) in [5, 5.41) is 4.58. The van der Waals surface area contributed by atoms with Gasteiger partial charge in [-0.2, -0.15) is 0 Å². The van der Waals surface area contributed by atoms with Gasteiger partial charge in [-0.05, 0) is 129 Å². The normalized spacial score (nSPS) is 19.7. The first-order chi connectivity index (χ1) is 33.3. The number of aromatic nitrogens is 1. The molecule has 0 bridgehead atoms. The van der Waals surface area contributed by atoms with E-state index in [1.807, 2.05) is 0 Å². The molecule has 0 radical (unpaired) electrons. The number of nitrogens with zero attached hydrogens (tertiary/aromatic N) is 3. The largest absolute Gasteiger partial charge is 0.454 e. The Morgan fingerprint density at radius 1 is 0.486 bits per heavy atom. The molecule has 6 heteroatoms. The van der Waals surface area contributed by atoms with Crippen LogP contribution in [-0.2, 0) is 21.7 Å². The van der Waals surface area contributed by atoms with Gasteiger partial charge in [-0.15, -0.1) is 0 Å². The fourth-order valence-electron chi connectivity index (χ4n) is 13.8. The van der Waals surface area contributed by atoms with Gasteiger partial charge < -0.3 is 23.2 Å². The van der Waals surface area contributed by atoms with E-state index in [9.17, 15) is 0 Å². The van der Waals surface area contributed by atoms with Crippen molar-refractivity contribution in [3.63, 3.8) is 0 Å². The van der Waals surface area contributed by atoms with Gasteiger partial charge in [0.15, 0.2) is 11.2 Å². The van der Waals surface area contributed by atoms with Crippen molar-refractivity contribution in [2.45, 2.75) is 129 Å². The predicted molar refractivity (Wildman–Crippen MR) is 296 cm³/mol. The summed E-state index contributed by atoms with van der Waals surface area (Å²) in [6.45, 7) is 26.2. The molecular formula is C64H62BN3O2. The van der Waals surface area contributed by atoms with Crippen LogP contribution in [0, 0.1) is 0 Å². The molecule has 1 saturated carbocycles. The first-order valence-electron chi connectivity index (χ1n) is 25.8. The van der Waals surface area contributed by atoms with Gasteiger partial charge >= 0.3 is 0 Å². The molecule has 0 N–H and O–H groups in total. The Kier molecular flexibility index (Phi) is 8.21. The van der Waals surface area contributed by atoms with Gasteiger partial charge in [0.2, 0.25) is 0 Å². The maximum Gasteiger partial charge on any atom is 0.252 e. The first-order valence-corrected chi connectivity index (χ1v) is 25.8. The van der Waals surface area contributed by atoms with Crippen LogP contribution in [0.5, 0.6) is 0 Å². The molecule has 14 rings (SSSR count). The molecule has 1 aliphatic carbocycles. The quantitative estimate of drug-likeness (QED) is 0.162. The fourth-order valence-corrected chi connectivity index (χ4v) is 13.8. The van der Waals surface area contributed by atoms with Gasteiger partial charge in [0.25, 0.3) is 6.71 Å². The van der Waals surface area contributed by atoms with Crippen LogP contribution in [0.25, 0.3) is 60.6 Å². The van der Waals surface area contributed by atoms with E-state index in [1.54, 1.807) is 0 Å². The second-order valence-corrected chi connectivity index (χ2v) is 24.9. The number of anilines is 5. The van der Waals surface area contributed by atoms with Gasteiger partial charge in [0.1, 0.15) is 16.7 Å². The lowest BCUT2D eigenvalue weighted by Crippen LogP contribution is -2.61. The van der Waals surface area contributed by atoms with Gasteiger partial charge in [-0.1, -0.05) is 155 Å². The van der Waals surface area contributed by atoms with Gasteiger partial charge in [0.05, 0.1) is 16.7 Å². The maximum atomic E-state index is 7.08. The molecule has 70 heavy (non-hydrogen) atoms. The van der Waals surface area contributed by atoms with Gasteiger partial charge in [0, 0.05) is 55.4 Å². The van der Waals surface area contributed by atoms with Crippen LogP contribution in [0.2, 0.25) is 0 Å². The summed E-state index contributed by atoms with van der Waals surface area (Å²) in [7, 11) is 0. The summed E-state index contributed by atoms with van der Waals surface area (Å²) in [4.78, 5) is 5.39. The summed E-state index contributed by atoms with van der Waals surface area (Å²) in [5.41, 5.74) is 22.4. The first kappa shape index (κ1) is 42.2. The molecule has 4 aliphatic rings. The Balaban J connectivity index is 1.17. The SMILES string of the molecule is CC(C)(C)c1ccc2c(c1)N(c1cccc3c1oc1ccccc13)c1cc(N3c4ccc(C(C)(C)C)cc4C4(C)CCCCC34C)cc3c1B2c1cc(C(C)(C)C)cc2c4oc5ccccc5c4n-3c12. The van der Waals surface area contributed by atoms with E-state index >= 15 is 0 Å². The number of hydrogen-bond donors (Lipinski definition) is 0. The molecular weight excluding hydrogens is 854 g/mol. The predicted octanol–water partition coefficient (Wildman–Crippen LogP) is 15.7. The zero-order chi connectivity index (χ0) is 48.2. The number of para-hydroxylation sites is 3. The lowest BCUT2D eigenvalue weighted by Gasteiger charge is -2.51. The lowest BCUT2D eigenvalue weighted by atomic mass is 9.33. The van der Waals surface area contributed by atoms with E-state index in [0.29, 0.717) is 0 Å². The van der Waals surface area contributed by atoms with Crippen LogP contribution in [0.1, 0.15) is 124 Å². The molecule has 7 aromatic carbocycles. The van der Waals surface area contributed by atoms with E-state index in [1.165, 1.54) is 90.8 Å². The summed E-state index contributed by atoms with van der Waals surface area (Å²) in [6, 6.07) is 48.9. The lowest BCUT2D eigenvalue weighted by molar-refractivity contribution is 0.195. The minimum atomic E-state index is -0.169. The molecule has 1 fully saturated rings. The van der Waals surface area contributed by atoms with Gasteiger partial charge in [-0.3, -0.25) is 0 Å². The summed E-state index contributed by atoms with van der Waals surface area (Å²) >= 11 is 0. The molecule has 3 aliphatic heterocycles. The van der Waals surface area contributed by atoms with Crippen LogP contribution >= 0.6 is 0 Å². The Morgan fingerprint density at radius 2 is 1.13 bits per heavy atom. The molecule has 2 unspecified atom stereocenters. The molecule has 3 aromatic heterocycles. The number of furan rings is 2. The second-order valence-electron chi connectivity index (χ2n) is 24.9. The van der Waals surface area contributed by atoms with E-state index in [-0.39, 0.29) is 33.9 Å². The molecule has 348 valence electrons. The van der Waals surface area contributed by atoms with Crippen LogP contribution in [0.15, 0.2) is 136 Å². The highest BCUT2D eigenvalue weighted by Crippen LogP contribution is 2.62. The minimum absolute atomic E-state index is 0.0329. The molecule has 0 amide bonds. The smallest absolute Gasteiger partial charge is 0.252 e. The van der Waals surface area contributed by atoms with Crippen molar-refractivity contribution in [2.24, 2.45) is 0 Å². The molecule has 0 saturated heterocycles. The third kappa shape index (κ3) is 5.40. The molecule has 0 spiro atoms. The van der Waals surface area contributed by atoms with Crippen LogP contribution in [0.3, 0.4) is 0 Å². The molecule has 6 heterocycles. The van der Waals surface area contributed by atoms with Crippen LogP contribution in [-0.4, -0.2) is 16.8 Å². The Morgan fingerprint density at radius 3 is 1.89 bits per heavy atom. The molecule has 10 aromatic rings. The zero-order valence-corrected chi connectivity index (χ0v) is 42.7. The minimum Gasteiger partial charge on any atom is -0.454 e. The van der Waals surface area contributed by atoms with Crippen molar-refractivity contribution in [1.82, 2.24) is 4.57 Å². The van der Waals surface area contributed by atoms with Crippen LogP contribution in [0.4, 0.5) is 28.4 Å². The highest BCUT2D eigenvalue weighted by atomic mass is 16.3. The third-order valence-electron chi connectivity index (χ3n) is 17.8. The fraction of sp³-hybridized carbons (Fsp3) is 0.312. The number of hydrogen-bond acceptors (Lipinski definition) is 4. The van der Waals surface area contributed by atoms with Crippen molar-refractivity contribution in [2.75, 3.05) is 9.80 Å². The molecule has 2 atom stereocenters. The number of rotatable bonds is 2. The maximum absolute atomic E-state index is 7.08. The number of benzene rings is 7. The van der Waals surface area contributed by atoms with Crippen molar-refractivity contribution in [3.8, 4) is 5.69 Å². The number of fused-ring (bicyclic) bond motifs is 15. The summed E-state index contributed by atoms with van der Waals surface area (Å²) in [5.74, 6) is 0. The van der Waals surface area contributed by atoms with E-state index in [2.05, 4.69) is 218 Å². The topological polar surface area (TPSA) is 37.7 Å². The van der Waals surface area contributed by atoms with E-state index in [4.69, 9.17) is 8.83 Å². The van der Waals surface area contributed by atoms with Crippen molar-refractivity contribution < 1.29 is 8.83 Å². The van der Waals surface area contributed by atoms with Crippen LogP contribution < -0.4 is 26.2 Å². The average molecular weight is 916 g/mol. The zero-order valence-electron chi connectivity index (χ0n) is 42.7. The Hall–Kier alpha value is -6.66. The Bertz CT molecular complexity index is 3920. The highest BCUT2D eigenvalue weighted by molar-refractivity contribution is 7.00. The highest BCUT2D eigenvalue weighted by Gasteiger charge is 2.58. The van der Waals surface area contributed by atoms with Crippen molar-refractivity contribution >= 4 is 106 Å².